The van der Waals surface area contributed by atoms with Gasteiger partial charge in [-0.25, -0.2) is 4.98 Å². The van der Waals surface area contributed by atoms with E-state index in [9.17, 15) is 4.79 Å². The van der Waals surface area contributed by atoms with Gasteiger partial charge in [0.25, 0.3) is 0 Å². The summed E-state index contributed by atoms with van der Waals surface area (Å²) in [5.74, 6) is 2.43. The first-order valence-electron chi connectivity index (χ1n) is 12.8. The molecule has 0 saturated heterocycles. The standard InChI is InChI=1S/C31H31NO5/c1-2-29-28(16-17-35-26-14-15-27-23(18-26)8-9-24(27)19-30(33)34)32-31(37-29)22-10-12-25(13-11-22)36-20-21-6-4-3-5-7-21/h3-7,10-15,18,24H,2,8-9,16-17,19-20H2,1H3,(H,33,34). The van der Waals surface area contributed by atoms with Crippen LogP contribution in [-0.2, 0) is 30.7 Å². The molecule has 190 valence electrons. The first-order valence-corrected chi connectivity index (χ1v) is 12.8. The van der Waals surface area contributed by atoms with E-state index >= 15 is 0 Å². The van der Waals surface area contributed by atoms with Crippen molar-refractivity contribution in [1.82, 2.24) is 4.98 Å². The number of carboxylic acids is 1. The highest BCUT2D eigenvalue weighted by molar-refractivity contribution is 5.68. The lowest BCUT2D eigenvalue weighted by molar-refractivity contribution is -0.137. The second-order valence-electron chi connectivity index (χ2n) is 9.33. The van der Waals surface area contributed by atoms with E-state index in [2.05, 4.69) is 6.92 Å². The second kappa shape index (κ2) is 11.3. The minimum Gasteiger partial charge on any atom is -0.493 e. The number of benzene rings is 3. The molecule has 1 aliphatic rings. The molecule has 0 spiro atoms. The van der Waals surface area contributed by atoms with Crippen LogP contribution in [-0.4, -0.2) is 22.7 Å². The summed E-state index contributed by atoms with van der Waals surface area (Å²) in [5.41, 5.74) is 5.27. The molecule has 1 N–H and O–H groups in total. The topological polar surface area (TPSA) is 81.8 Å². The van der Waals surface area contributed by atoms with Gasteiger partial charge in [-0.05, 0) is 71.8 Å². The van der Waals surface area contributed by atoms with Gasteiger partial charge in [-0.1, -0.05) is 43.3 Å². The predicted molar refractivity (Wildman–Crippen MR) is 141 cm³/mol. The Balaban J connectivity index is 1.18. The third kappa shape index (κ3) is 6.02. The fourth-order valence-electron chi connectivity index (χ4n) is 4.87. The first kappa shape index (κ1) is 24.6. The number of aromatic nitrogens is 1. The zero-order chi connectivity index (χ0) is 25.6. The van der Waals surface area contributed by atoms with Gasteiger partial charge in [-0.3, -0.25) is 4.79 Å². The van der Waals surface area contributed by atoms with Crippen LogP contribution in [0.4, 0.5) is 0 Å². The van der Waals surface area contributed by atoms with Gasteiger partial charge in [0.15, 0.2) is 0 Å². The number of fused-ring (bicyclic) bond motifs is 1. The van der Waals surface area contributed by atoms with Gasteiger partial charge in [0.05, 0.1) is 18.7 Å². The summed E-state index contributed by atoms with van der Waals surface area (Å²) in [6, 6.07) is 23.9. The maximum Gasteiger partial charge on any atom is 0.303 e. The largest absolute Gasteiger partial charge is 0.493 e. The minimum absolute atomic E-state index is 0.103. The van der Waals surface area contributed by atoms with Crippen molar-refractivity contribution in [3.63, 3.8) is 0 Å². The van der Waals surface area contributed by atoms with Crippen LogP contribution in [0.2, 0.25) is 0 Å². The van der Waals surface area contributed by atoms with Crippen molar-refractivity contribution in [3.8, 4) is 23.0 Å². The number of hydrogen-bond donors (Lipinski definition) is 1. The average Bonchev–Trinajstić information content (AvgIpc) is 3.52. The normalized spacial score (nSPS) is 14.4. The molecule has 1 aromatic heterocycles. The van der Waals surface area contributed by atoms with E-state index in [1.807, 2.05) is 72.8 Å². The van der Waals surface area contributed by atoms with E-state index in [1.165, 1.54) is 5.56 Å². The third-order valence-electron chi connectivity index (χ3n) is 6.79. The Kier molecular flexibility index (Phi) is 7.54. The average molecular weight is 498 g/mol. The van der Waals surface area contributed by atoms with Crippen molar-refractivity contribution in [2.24, 2.45) is 0 Å². The lowest BCUT2D eigenvalue weighted by atomic mass is 9.98. The number of carbonyl (C=O) groups is 1. The van der Waals surface area contributed by atoms with Crippen molar-refractivity contribution in [2.45, 2.75) is 51.6 Å². The van der Waals surface area contributed by atoms with Crippen LogP contribution in [0.1, 0.15) is 53.8 Å². The van der Waals surface area contributed by atoms with Gasteiger partial charge >= 0.3 is 5.97 Å². The number of nitrogens with zero attached hydrogens (tertiary/aromatic N) is 1. The van der Waals surface area contributed by atoms with Crippen LogP contribution < -0.4 is 9.47 Å². The molecule has 6 nitrogen and oxygen atoms in total. The van der Waals surface area contributed by atoms with Gasteiger partial charge < -0.3 is 19.0 Å². The second-order valence-corrected chi connectivity index (χ2v) is 9.33. The lowest BCUT2D eigenvalue weighted by Crippen LogP contribution is -2.05. The van der Waals surface area contributed by atoms with Gasteiger partial charge in [0.1, 0.15) is 23.9 Å². The van der Waals surface area contributed by atoms with Crippen LogP contribution in [0.15, 0.2) is 77.2 Å². The van der Waals surface area contributed by atoms with Crippen molar-refractivity contribution in [2.75, 3.05) is 6.61 Å². The van der Waals surface area contributed by atoms with Crippen LogP contribution in [0, 0.1) is 0 Å². The number of carboxylic acid groups (broad SMARTS) is 1. The van der Waals surface area contributed by atoms with Crippen molar-refractivity contribution >= 4 is 5.97 Å². The number of aryl methyl sites for hydroxylation is 2. The van der Waals surface area contributed by atoms with Crippen molar-refractivity contribution in [1.29, 1.82) is 0 Å². The van der Waals surface area contributed by atoms with Crippen molar-refractivity contribution < 1.29 is 23.8 Å². The Labute approximate surface area is 216 Å². The van der Waals surface area contributed by atoms with Crippen LogP contribution in [0.5, 0.6) is 11.5 Å². The van der Waals surface area contributed by atoms with Gasteiger partial charge in [-0.2, -0.15) is 0 Å². The molecule has 0 aliphatic heterocycles. The molecule has 5 rings (SSSR count). The molecule has 1 unspecified atom stereocenters. The molecule has 1 aliphatic carbocycles. The van der Waals surface area contributed by atoms with E-state index in [-0.39, 0.29) is 12.3 Å². The summed E-state index contributed by atoms with van der Waals surface area (Å²) in [4.78, 5) is 15.9. The van der Waals surface area contributed by atoms with E-state index in [1.54, 1.807) is 0 Å². The van der Waals surface area contributed by atoms with Crippen LogP contribution >= 0.6 is 0 Å². The molecule has 4 aromatic rings. The molecule has 3 aromatic carbocycles. The number of hydrogen-bond acceptors (Lipinski definition) is 5. The number of rotatable bonds is 11. The number of ether oxygens (including phenoxy) is 2. The molecule has 0 saturated carbocycles. The van der Waals surface area contributed by atoms with Crippen LogP contribution in [0.3, 0.4) is 0 Å². The molecule has 1 atom stereocenters. The smallest absolute Gasteiger partial charge is 0.303 e. The molecule has 1 heterocycles. The predicted octanol–water partition coefficient (Wildman–Crippen LogP) is 6.61. The summed E-state index contributed by atoms with van der Waals surface area (Å²) in [7, 11) is 0. The third-order valence-corrected chi connectivity index (χ3v) is 6.79. The van der Waals surface area contributed by atoms with Gasteiger partial charge in [0.2, 0.25) is 5.89 Å². The SMILES string of the molecule is CCc1oc(-c2ccc(OCc3ccccc3)cc2)nc1CCOc1ccc2c(c1)CCC2CC(=O)O. The molecule has 0 radical (unpaired) electrons. The maximum atomic E-state index is 11.1. The Hall–Kier alpha value is -4.06. The Morgan fingerprint density at radius 3 is 2.57 bits per heavy atom. The molecule has 6 heteroatoms. The van der Waals surface area contributed by atoms with Crippen molar-refractivity contribution in [3.05, 3.63) is 101 Å². The molecule has 37 heavy (non-hydrogen) atoms. The molecular formula is C31H31NO5. The number of aliphatic carboxylic acids is 1. The molecule has 0 bridgehead atoms. The summed E-state index contributed by atoms with van der Waals surface area (Å²) in [5, 5.41) is 9.12. The van der Waals surface area contributed by atoms with E-state index < -0.39 is 5.97 Å². The van der Waals surface area contributed by atoms with E-state index in [0.717, 1.165) is 58.9 Å². The van der Waals surface area contributed by atoms with E-state index in [4.69, 9.17) is 24.0 Å². The fourth-order valence-corrected chi connectivity index (χ4v) is 4.87. The Morgan fingerprint density at radius 1 is 1.03 bits per heavy atom. The van der Waals surface area contributed by atoms with Crippen LogP contribution in [0.25, 0.3) is 11.5 Å². The zero-order valence-corrected chi connectivity index (χ0v) is 21.0. The highest BCUT2D eigenvalue weighted by Crippen LogP contribution is 2.37. The molecule has 0 amide bonds. The Bertz CT molecular complexity index is 1340. The zero-order valence-electron chi connectivity index (χ0n) is 21.0. The maximum absolute atomic E-state index is 11.1. The lowest BCUT2D eigenvalue weighted by Gasteiger charge is -2.10. The highest BCUT2D eigenvalue weighted by atomic mass is 16.5. The quantitative estimate of drug-likeness (QED) is 0.251. The summed E-state index contributed by atoms with van der Waals surface area (Å²) in [6.07, 6.45) is 3.36. The summed E-state index contributed by atoms with van der Waals surface area (Å²) >= 11 is 0. The van der Waals surface area contributed by atoms with Gasteiger partial charge in [-0.15, -0.1) is 0 Å². The Morgan fingerprint density at radius 2 is 1.81 bits per heavy atom. The molecular weight excluding hydrogens is 466 g/mol. The molecule has 0 fully saturated rings. The highest BCUT2D eigenvalue weighted by Gasteiger charge is 2.25. The summed E-state index contributed by atoms with van der Waals surface area (Å²) in [6.45, 7) is 3.07. The minimum atomic E-state index is -0.746. The summed E-state index contributed by atoms with van der Waals surface area (Å²) < 4.78 is 18.0. The number of oxazole rings is 1. The fraction of sp³-hybridized carbons (Fsp3) is 0.290. The monoisotopic (exact) mass is 497 g/mol. The van der Waals surface area contributed by atoms with E-state index in [0.29, 0.717) is 25.5 Å². The van der Waals surface area contributed by atoms with Gasteiger partial charge in [0, 0.05) is 18.4 Å². The first-order chi connectivity index (χ1) is 18.1.